The van der Waals surface area contributed by atoms with Crippen LogP contribution in [0.2, 0.25) is 0 Å². The summed E-state index contributed by atoms with van der Waals surface area (Å²) in [6.45, 7) is 3.92. The first kappa shape index (κ1) is 25.6. The van der Waals surface area contributed by atoms with Gasteiger partial charge in [0.05, 0.1) is 0 Å². The largest absolute Gasteiger partial charge is 0.490 e. The number of para-hydroxylation sites is 1. The van der Waals surface area contributed by atoms with Crippen molar-refractivity contribution < 1.29 is 9.47 Å². The summed E-state index contributed by atoms with van der Waals surface area (Å²) in [6.07, 6.45) is 8.53. The lowest BCUT2D eigenvalue weighted by atomic mass is 10.2. The van der Waals surface area contributed by atoms with Gasteiger partial charge in [-0.15, -0.1) is 24.0 Å². The van der Waals surface area contributed by atoms with Crippen LogP contribution in [0, 0.1) is 0 Å². The lowest BCUT2D eigenvalue weighted by molar-refractivity contribution is 0.212. The number of pyridine rings is 1. The van der Waals surface area contributed by atoms with Gasteiger partial charge in [0.1, 0.15) is 19.0 Å². The van der Waals surface area contributed by atoms with E-state index >= 15 is 0 Å². The van der Waals surface area contributed by atoms with Gasteiger partial charge in [0.25, 0.3) is 0 Å². The molecule has 0 spiro atoms. The summed E-state index contributed by atoms with van der Waals surface area (Å²) in [4.78, 5) is 11.5. The average Bonchev–Trinajstić information content (AvgIpc) is 3.53. The van der Waals surface area contributed by atoms with Gasteiger partial charge in [-0.3, -0.25) is 9.89 Å². The van der Waals surface area contributed by atoms with Crippen molar-refractivity contribution in [1.82, 2.24) is 20.5 Å². The molecule has 1 aliphatic carbocycles. The predicted molar refractivity (Wildman–Crippen MR) is 143 cm³/mol. The molecule has 8 heteroatoms. The molecule has 0 amide bonds. The minimum Gasteiger partial charge on any atom is -0.490 e. The van der Waals surface area contributed by atoms with Crippen LogP contribution in [0.1, 0.15) is 37.7 Å². The molecular formula is C25H36IN5O2. The van der Waals surface area contributed by atoms with Crippen molar-refractivity contribution in [2.45, 2.75) is 50.7 Å². The highest BCUT2D eigenvalue weighted by molar-refractivity contribution is 14.0. The molecule has 1 atom stereocenters. The van der Waals surface area contributed by atoms with E-state index in [2.05, 4.69) is 25.5 Å². The van der Waals surface area contributed by atoms with Crippen LogP contribution in [0.5, 0.6) is 11.6 Å². The number of hydrogen-bond acceptors (Lipinski definition) is 5. The zero-order valence-corrected chi connectivity index (χ0v) is 21.7. The number of rotatable bonds is 9. The molecule has 33 heavy (non-hydrogen) atoms. The normalized spacial score (nSPS) is 19.2. The summed E-state index contributed by atoms with van der Waals surface area (Å²) in [6, 6.07) is 14.9. The molecule has 1 saturated carbocycles. The Morgan fingerprint density at radius 2 is 1.85 bits per heavy atom. The first-order valence-corrected chi connectivity index (χ1v) is 11.8. The van der Waals surface area contributed by atoms with Crippen LogP contribution in [-0.2, 0) is 6.54 Å². The predicted octanol–water partition coefficient (Wildman–Crippen LogP) is 3.84. The van der Waals surface area contributed by atoms with Gasteiger partial charge in [-0.05, 0) is 37.0 Å². The highest BCUT2D eigenvalue weighted by Gasteiger charge is 2.30. The summed E-state index contributed by atoms with van der Waals surface area (Å²) >= 11 is 0. The first-order valence-electron chi connectivity index (χ1n) is 11.8. The number of ether oxygens (including phenoxy) is 2. The van der Waals surface area contributed by atoms with Crippen molar-refractivity contribution in [1.29, 1.82) is 0 Å². The van der Waals surface area contributed by atoms with Gasteiger partial charge >= 0.3 is 0 Å². The molecule has 2 fully saturated rings. The lowest BCUT2D eigenvalue weighted by Crippen LogP contribution is -2.45. The second-order valence-corrected chi connectivity index (χ2v) is 8.50. The van der Waals surface area contributed by atoms with Gasteiger partial charge in [0.15, 0.2) is 5.96 Å². The fourth-order valence-electron chi connectivity index (χ4n) is 4.50. The second kappa shape index (κ2) is 13.6. The van der Waals surface area contributed by atoms with Crippen LogP contribution >= 0.6 is 24.0 Å². The maximum absolute atomic E-state index is 5.67. The number of benzene rings is 1. The molecular weight excluding hydrogens is 529 g/mol. The van der Waals surface area contributed by atoms with Gasteiger partial charge in [-0.1, -0.05) is 37.1 Å². The summed E-state index contributed by atoms with van der Waals surface area (Å²) < 4.78 is 11.3. The van der Waals surface area contributed by atoms with Crippen LogP contribution in [0.4, 0.5) is 0 Å². The van der Waals surface area contributed by atoms with Crippen LogP contribution in [-0.4, -0.2) is 61.3 Å². The molecule has 2 aliphatic rings. The molecule has 180 valence electrons. The van der Waals surface area contributed by atoms with Crippen molar-refractivity contribution >= 4 is 29.9 Å². The molecule has 1 unspecified atom stereocenters. The number of aliphatic imine (C=N–C) groups is 1. The molecule has 1 aromatic heterocycles. The van der Waals surface area contributed by atoms with E-state index in [0.29, 0.717) is 31.7 Å². The molecule has 0 radical (unpaired) electrons. The Morgan fingerprint density at radius 3 is 2.58 bits per heavy atom. The maximum Gasteiger partial charge on any atom is 0.213 e. The van der Waals surface area contributed by atoms with Crippen LogP contribution < -0.4 is 20.1 Å². The van der Waals surface area contributed by atoms with Gasteiger partial charge in [0, 0.05) is 51.0 Å². The van der Waals surface area contributed by atoms with E-state index in [9.17, 15) is 0 Å². The molecule has 2 N–H and O–H groups in total. The van der Waals surface area contributed by atoms with E-state index in [4.69, 9.17) is 9.47 Å². The molecule has 1 saturated heterocycles. The summed E-state index contributed by atoms with van der Waals surface area (Å²) in [5.41, 5.74) is 1.08. The molecule has 2 aromatic rings. The molecule has 0 bridgehead atoms. The Balaban J connectivity index is 0.00000306. The van der Waals surface area contributed by atoms with Gasteiger partial charge in [-0.2, -0.15) is 0 Å². The monoisotopic (exact) mass is 565 g/mol. The number of likely N-dealkylation sites (tertiary alicyclic amines) is 1. The van der Waals surface area contributed by atoms with E-state index in [1.165, 1.54) is 38.6 Å². The SMILES string of the molecule is CN=C(NCc1ccc(OCCOc2ccccc2)nc1)NC1CCN(C2CCCC2)C1.I. The third kappa shape index (κ3) is 8.03. The lowest BCUT2D eigenvalue weighted by Gasteiger charge is -2.24. The van der Waals surface area contributed by atoms with E-state index in [-0.39, 0.29) is 24.0 Å². The molecule has 1 aromatic carbocycles. The number of guanidine groups is 1. The number of nitrogens with one attached hydrogen (secondary N) is 2. The van der Waals surface area contributed by atoms with Gasteiger partial charge in [-0.25, -0.2) is 4.98 Å². The molecule has 2 heterocycles. The third-order valence-corrected chi connectivity index (χ3v) is 6.23. The van der Waals surface area contributed by atoms with Crippen molar-refractivity contribution in [3.8, 4) is 11.6 Å². The Labute approximate surface area is 214 Å². The first-order chi connectivity index (χ1) is 15.8. The van der Waals surface area contributed by atoms with E-state index in [1.807, 2.05) is 55.7 Å². The highest BCUT2D eigenvalue weighted by Crippen LogP contribution is 2.26. The zero-order chi connectivity index (χ0) is 22.0. The highest BCUT2D eigenvalue weighted by atomic mass is 127. The molecule has 7 nitrogen and oxygen atoms in total. The topological polar surface area (TPSA) is 71.0 Å². The maximum atomic E-state index is 5.67. The Morgan fingerprint density at radius 1 is 1.06 bits per heavy atom. The van der Waals surface area contributed by atoms with E-state index in [1.54, 1.807) is 0 Å². The smallest absolute Gasteiger partial charge is 0.213 e. The quantitative estimate of drug-likeness (QED) is 0.209. The average molecular weight is 566 g/mol. The van der Waals surface area contributed by atoms with Crippen LogP contribution in [0.25, 0.3) is 0 Å². The summed E-state index contributed by atoms with van der Waals surface area (Å²) in [7, 11) is 1.83. The van der Waals surface area contributed by atoms with Crippen molar-refractivity contribution in [2.24, 2.45) is 4.99 Å². The zero-order valence-electron chi connectivity index (χ0n) is 19.4. The summed E-state index contributed by atoms with van der Waals surface area (Å²) in [5, 5.41) is 6.99. The summed E-state index contributed by atoms with van der Waals surface area (Å²) in [5.74, 6) is 2.30. The minimum absolute atomic E-state index is 0. The second-order valence-electron chi connectivity index (χ2n) is 8.50. The van der Waals surface area contributed by atoms with Crippen molar-refractivity contribution in [2.75, 3.05) is 33.4 Å². The Bertz CT molecular complexity index is 844. The van der Waals surface area contributed by atoms with E-state index < -0.39 is 0 Å². The number of hydrogen-bond donors (Lipinski definition) is 2. The number of halogens is 1. The number of aromatic nitrogens is 1. The van der Waals surface area contributed by atoms with E-state index in [0.717, 1.165) is 29.9 Å². The van der Waals surface area contributed by atoms with Crippen molar-refractivity contribution in [3.05, 3.63) is 54.2 Å². The van der Waals surface area contributed by atoms with Crippen LogP contribution in [0.15, 0.2) is 53.7 Å². The van der Waals surface area contributed by atoms with Crippen LogP contribution in [0.3, 0.4) is 0 Å². The fourth-order valence-corrected chi connectivity index (χ4v) is 4.50. The minimum atomic E-state index is 0. The standard InChI is InChI=1S/C25H35N5O2.HI/c1-26-25(29-21-13-14-30(19-21)22-7-5-6-8-22)28-18-20-11-12-24(27-17-20)32-16-15-31-23-9-3-2-4-10-23;/h2-4,9-12,17,21-22H,5-8,13-16,18-19H2,1H3,(H2,26,28,29);1H. The molecule has 4 rings (SSSR count). The van der Waals surface area contributed by atoms with Crippen molar-refractivity contribution in [3.63, 3.8) is 0 Å². The van der Waals surface area contributed by atoms with Gasteiger partial charge in [0.2, 0.25) is 5.88 Å². The fraction of sp³-hybridized carbons (Fsp3) is 0.520. The Hall–Kier alpha value is -2.07. The van der Waals surface area contributed by atoms with Gasteiger partial charge < -0.3 is 20.1 Å². The Kier molecular flexibility index (Phi) is 10.5. The molecule has 1 aliphatic heterocycles. The number of nitrogens with zero attached hydrogens (tertiary/aromatic N) is 3. The third-order valence-electron chi connectivity index (χ3n) is 6.23.